The summed E-state index contributed by atoms with van der Waals surface area (Å²) in [6, 6.07) is 8.09. The highest BCUT2D eigenvalue weighted by Crippen LogP contribution is 2.38. The molecule has 144 valence electrons. The van der Waals surface area contributed by atoms with Crippen LogP contribution in [0.4, 0.5) is 0 Å². The van der Waals surface area contributed by atoms with Gasteiger partial charge >= 0.3 is 0 Å². The largest absolute Gasteiger partial charge is 0.496 e. The molecule has 2 heterocycles. The van der Waals surface area contributed by atoms with E-state index in [-0.39, 0.29) is 12.0 Å². The van der Waals surface area contributed by atoms with Gasteiger partial charge in [0.15, 0.2) is 0 Å². The Bertz CT molecular complexity index is 573. The van der Waals surface area contributed by atoms with Gasteiger partial charge in [-0.3, -0.25) is 4.90 Å². The highest BCUT2D eigenvalue weighted by Gasteiger charge is 2.36. The lowest BCUT2D eigenvalue weighted by Gasteiger charge is -2.42. The Morgan fingerprint density at radius 2 is 2.08 bits per heavy atom. The molecule has 1 N–H and O–H groups in total. The third-order valence-corrected chi connectivity index (χ3v) is 5.99. The van der Waals surface area contributed by atoms with E-state index in [1.807, 2.05) is 18.2 Å². The number of benzene rings is 1. The number of hydrogen-bond acceptors (Lipinski definition) is 4. The van der Waals surface area contributed by atoms with Gasteiger partial charge in [0.2, 0.25) is 0 Å². The molecule has 1 aromatic rings. The fourth-order valence-corrected chi connectivity index (χ4v) is 4.22. The molecule has 2 saturated heterocycles. The van der Waals surface area contributed by atoms with E-state index in [1.54, 1.807) is 7.11 Å². The number of likely N-dealkylation sites (tertiary alicyclic amines) is 1. The number of nitrogens with zero attached hydrogens (tertiary/aromatic N) is 1. The Balaban J connectivity index is 1.48. The van der Waals surface area contributed by atoms with Crippen molar-refractivity contribution in [1.29, 1.82) is 0 Å². The first kappa shape index (κ1) is 19.4. The lowest BCUT2D eigenvalue weighted by Crippen LogP contribution is -2.44. The summed E-state index contributed by atoms with van der Waals surface area (Å²) < 4.78 is 11.3. The summed E-state index contributed by atoms with van der Waals surface area (Å²) >= 11 is 0. The molecule has 1 unspecified atom stereocenters. The summed E-state index contributed by atoms with van der Waals surface area (Å²) in [6.45, 7) is 4.22. The Hall–Kier alpha value is -1.36. The van der Waals surface area contributed by atoms with Gasteiger partial charge in [-0.05, 0) is 63.1 Å². The van der Waals surface area contributed by atoms with E-state index < -0.39 is 0 Å². The van der Waals surface area contributed by atoms with Gasteiger partial charge < -0.3 is 14.6 Å². The van der Waals surface area contributed by atoms with E-state index in [0.29, 0.717) is 6.10 Å². The second-order valence-electron chi connectivity index (χ2n) is 7.80. The summed E-state index contributed by atoms with van der Waals surface area (Å²) in [6.07, 6.45) is 11.5. The number of aliphatic hydroxyl groups excluding tert-OH is 1. The van der Waals surface area contributed by atoms with Gasteiger partial charge in [-0.2, -0.15) is 0 Å². The molecule has 4 nitrogen and oxygen atoms in total. The van der Waals surface area contributed by atoms with Gasteiger partial charge in [-0.1, -0.05) is 30.4 Å². The predicted molar refractivity (Wildman–Crippen MR) is 105 cm³/mol. The molecule has 0 aromatic heterocycles. The number of rotatable bonds is 7. The summed E-state index contributed by atoms with van der Waals surface area (Å²) in [5.74, 6) is 0.911. The van der Waals surface area contributed by atoms with Crippen LogP contribution < -0.4 is 4.74 Å². The molecule has 1 aromatic carbocycles. The van der Waals surface area contributed by atoms with Crippen molar-refractivity contribution in [3.8, 4) is 5.75 Å². The van der Waals surface area contributed by atoms with Crippen molar-refractivity contribution in [3.63, 3.8) is 0 Å². The highest BCUT2D eigenvalue weighted by atomic mass is 16.5. The third kappa shape index (κ3) is 5.09. The standard InChI is InChI=1S/C22H33NO3/c1-25-21-10-3-2-7-19(21)8-6-13-23-14-11-22(18-24,12-15-23)17-20-9-4-5-16-26-20/h2-3,6-8,10,20,24H,4-5,9,11-18H2,1H3/b8-6+. The van der Waals surface area contributed by atoms with Gasteiger partial charge in [-0.15, -0.1) is 0 Å². The minimum atomic E-state index is 0.0604. The number of hydrogen-bond donors (Lipinski definition) is 1. The van der Waals surface area contributed by atoms with E-state index in [0.717, 1.165) is 63.2 Å². The molecule has 0 radical (unpaired) electrons. The topological polar surface area (TPSA) is 41.9 Å². The van der Waals surface area contributed by atoms with Crippen LogP contribution in [0.5, 0.6) is 5.75 Å². The molecule has 2 fully saturated rings. The zero-order valence-corrected chi connectivity index (χ0v) is 16.0. The van der Waals surface area contributed by atoms with Gasteiger partial charge in [0.1, 0.15) is 5.75 Å². The van der Waals surface area contributed by atoms with Crippen LogP contribution in [0.2, 0.25) is 0 Å². The highest BCUT2D eigenvalue weighted by molar-refractivity contribution is 5.57. The van der Waals surface area contributed by atoms with Gasteiger partial charge in [0.05, 0.1) is 13.2 Å². The minimum absolute atomic E-state index is 0.0604. The second-order valence-corrected chi connectivity index (χ2v) is 7.80. The smallest absolute Gasteiger partial charge is 0.126 e. The first-order chi connectivity index (χ1) is 12.7. The van der Waals surface area contributed by atoms with E-state index in [4.69, 9.17) is 9.47 Å². The molecule has 26 heavy (non-hydrogen) atoms. The van der Waals surface area contributed by atoms with Crippen LogP contribution in [0.3, 0.4) is 0 Å². The average molecular weight is 360 g/mol. The number of piperidine rings is 1. The maximum Gasteiger partial charge on any atom is 0.126 e. The SMILES string of the molecule is COc1ccccc1/C=C/CN1CCC(CO)(CC2CCCCO2)CC1. The van der Waals surface area contributed by atoms with E-state index in [1.165, 1.54) is 12.8 Å². The quantitative estimate of drug-likeness (QED) is 0.805. The summed E-state index contributed by atoms with van der Waals surface area (Å²) in [5.41, 5.74) is 1.18. The van der Waals surface area contributed by atoms with Crippen molar-refractivity contribution in [3.05, 3.63) is 35.9 Å². The third-order valence-electron chi connectivity index (χ3n) is 5.99. The zero-order valence-electron chi connectivity index (χ0n) is 16.0. The summed E-state index contributed by atoms with van der Waals surface area (Å²) in [5, 5.41) is 10.0. The predicted octanol–water partition coefficient (Wildman–Crippen LogP) is 3.74. The van der Waals surface area contributed by atoms with Crippen LogP contribution in [-0.2, 0) is 4.74 Å². The fourth-order valence-electron chi connectivity index (χ4n) is 4.22. The molecular formula is C22H33NO3. The molecule has 0 saturated carbocycles. The van der Waals surface area contributed by atoms with Crippen LogP contribution >= 0.6 is 0 Å². The van der Waals surface area contributed by atoms with Crippen LogP contribution in [0.1, 0.15) is 44.1 Å². The van der Waals surface area contributed by atoms with Crippen LogP contribution in [0.25, 0.3) is 6.08 Å². The van der Waals surface area contributed by atoms with Crippen molar-refractivity contribution < 1.29 is 14.6 Å². The van der Waals surface area contributed by atoms with Crippen LogP contribution in [0.15, 0.2) is 30.3 Å². The molecule has 2 aliphatic rings. The van der Waals surface area contributed by atoms with E-state index >= 15 is 0 Å². The maximum atomic E-state index is 10.0. The number of aliphatic hydroxyl groups is 1. The Morgan fingerprint density at radius 3 is 2.77 bits per heavy atom. The second kappa shape index (κ2) is 9.54. The van der Waals surface area contributed by atoms with Gasteiger partial charge in [-0.25, -0.2) is 0 Å². The monoisotopic (exact) mass is 359 g/mol. The van der Waals surface area contributed by atoms with E-state index in [2.05, 4.69) is 23.1 Å². The molecule has 0 spiro atoms. The molecule has 2 aliphatic heterocycles. The lowest BCUT2D eigenvalue weighted by molar-refractivity contribution is -0.0469. The Labute approximate surface area is 157 Å². The number of methoxy groups -OCH3 is 1. The normalized spacial score (nSPS) is 24.0. The van der Waals surface area contributed by atoms with Crippen molar-refractivity contribution in [2.45, 2.75) is 44.6 Å². The van der Waals surface area contributed by atoms with E-state index in [9.17, 15) is 5.11 Å². The van der Waals surface area contributed by atoms with Gasteiger partial charge in [0.25, 0.3) is 0 Å². The first-order valence-electron chi connectivity index (χ1n) is 9.99. The molecule has 0 aliphatic carbocycles. The average Bonchev–Trinajstić information content (AvgIpc) is 2.70. The number of ether oxygens (including phenoxy) is 2. The zero-order chi connectivity index (χ0) is 18.2. The minimum Gasteiger partial charge on any atom is -0.496 e. The Kier molecular flexibility index (Phi) is 7.12. The number of para-hydroxylation sites is 1. The van der Waals surface area contributed by atoms with Crippen molar-refractivity contribution in [2.24, 2.45) is 5.41 Å². The molecule has 0 bridgehead atoms. The fraction of sp³-hybridized carbons (Fsp3) is 0.636. The molecule has 4 heteroatoms. The van der Waals surface area contributed by atoms with Crippen LogP contribution in [-0.4, -0.2) is 56.1 Å². The van der Waals surface area contributed by atoms with Gasteiger partial charge in [0, 0.05) is 25.3 Å². The lowest BCUT2D eigenvalue weighted by atomic mass is 9.74. The molecule has 1 atom stereocenters. The Morgan fingerprint density at radius 1 is 1.27 bits per heavy atom. The summed E-state index contributed by atoms with van der Waals surface area (Å²) in [4.78, 5) is 2.47. The van der Waals surface area contributed by atoms with Crippen molar-refractivity contribution >= 4 is 6.08 Å². The summed E-state index contributed by atoms with van der Waals surface area (Å²) in [7, 11) is 1.71. The maximum absolute atomic E-state index is 10.0. The van der Waals surface area contributed by atoms with Crippen molar-refractivity contribution in [2.75, 3.05) is 40.0 Å². The molecule has 3 rings (SSSR count). The first-order valence-corrected chi connectivity index (χ1v) is 9.99. The van der Waals surface area contributed by atoms with Crippen LogP contribution in [0, 0.1) is 5.41 Å². The molecular weight excluding hydrogens is 326 g/mol. The van der Waals surface area contributed by atoms with Crippen molar-refractivity contribution in [1.82, 2.24) is 4.90 Å². The molecule has 0 amide bonds.